The zero-order valence-electron chi connectivity index (χ0n) is 13.8. The van der Waals surface area contributed by atoms with Crippen LogP contribution < -0.4 is 5.32 Å². The number of rotatable bonds is 8. The van der Waals surface area contributed by atoms with Crippen molar-refractivity contribution in [2.75, 3.05) is 13.7 Å². The van der Waals surface area contributed by atoms with Crippen LogP contribution in [0.1, 0.15) is 70.5 Å². The number of aryl methyl sites for hydroxylation is 1. The van der Waals surface area contributed by atoms with E-state index in [9.17, 15) is 0 Å². The Labute approximate surface area is 128 Å². The molecule has 0 spiro atoms. The lowest BCUT2D eigenvalue weighted by molar-refractivity contribution is -0.0706. The molecule has 5 nitrogen and oxygen atoms in total. The van der Waals surface area contributed by atoms with Crippen molar-refractivity contribution < 1.29 is 4.74 Å². The molecular formula is C16H30N4O. The summed E-state index contributed by atoms with van der Waals surface area (Å²) in [6.07, 6.45) is 10.1. The summed E-state index contributed by atoms with van der Waals surface area (Å²) >= 11 is 0. The maximum absolute atomic E-state index is 6.06. The van der Waals surface area contributed by atoms with Gasteiger partial charge in [-0.1, -0.05) is 38.3 Å². The molecule has 1 aromatic rings. The summed E-state index contributed by atoms with van der Waals surface area (Å²) in [5, 5.41) is 12.1. The van der Waals surface area contributed by atoms with Gasteiger partial charge in [0.2, 0.25) is 0 Å². The zero-order valence-corrected chi connectivity index (χ0v) is 13.8. The van der Waals surface area contributed by atoms with Crippen LogP contribution in [0.15, 0.2) is 6.20 Å². The lowest BCUT2D eigenvalue weighted by atomic mass is 9.78. The van der Waals surface area contributed by atoms with E-state index < -0.39 is 0 Å². The van der Waals surface area contributed by atoms with Crippen LogP contribution in [0, 0.1) is 0 Å². The van der Waals surface area contributed by atoms with Gasteiger partial charge in [0, 0.05) is 13.7 Å². The van der Waals surface area contributed by atoms with Crippen LogP contribution in [0.3, 0.4) is 0 Å². The molecule has 21 heavy (non-hydrogen) atoms. The molecule has 1 aliphatic rings. The molecule has 1 aromatic heterocycles. The average molecular weight is 294 g/mol. The fraction of sp³-hybridized carbons (Fsp3) is 0.875. The number of hydrogen-bond donors (Lipinski definition) is 1. The second-order valence-corrected chi connectivity index (χ2v) is 6.10. The Morgan fingerprint density at radius 3 is 2.67 bits per heavy atom. The molecule has 0 saturated heterocycles. The first-order valence-corrected chi connectivity index (χ1v) is 8.44. The minimum absolute atomic E-state index is 0.110. The van der Waals surface area contributed by atoms with E-state index in [0.29, 0.717) is 0 Å². The Balaban J connectivity index is 2.29. The third kappa shape index (κ3) is 3.64. The molecule has 1 aliphatic carbocycles. The number of methoxy groups -OCH3 is 1. The van der Waals surface area contributed by atoms with Gasteiger partial charge in [-0.3, -0.25) is 0 Å². The molecule has 1 saturated carbocycles. The van der Waals surface area contributed by atoms with Crippen LogP contribution in [0.25, 0.3) is 0 Å². The highest BCUT2D eigenvalue weighted by Crippen LogP contribution is 2.41. The van der Waals surface area contributed by atoms with Crippen molar-refractivity contribution in [3.8, 4) is 0 Å². The Kier molecular flexibility index (Phi) is 6.18. The fourth-order valence-electron chi connectivity index (χ4n) is 3.48. The molecule has 120 valence electrons. The smallest absolute Gasteiger partial charge is 0.0888 e. The van der Waals surface area contributed by atoms with Gasteiger partial charge in [-0.15, -0.1) is 5.10 Å². The minimum Gasteiger partial charge on any atom is -0.376 e. The van der Waals surface area contributed by atoms with Crippen molar-refractivity contribution in [1.82, 2.24) is 20.3 Å². The number of ether oxygens (including phenoxy) is 1. The fourth-order valence-corrected chi connectivity index (χ4v) is 3.48. The van der Waals surface area contributed by atoms with Gasteiger partial charge in [0.05, 0.1) is 23.5 Å². The standard InChI is InChI=1S/C16H30N4O/c1-4-11-17-15(14-13-18-19-20(14)12-5-2)16(21-3)9-7-6-8-10-16/h13,15,17H,4-12H2,1-3H3. The number of nitrogens with zero attached hydrogens (tertiary/aromatic N) is 3. The second kappa shape index (κ2) is 7.90. The number of aromatic nitrogens is 3. The Morgan fingerprint density at radius 2 is 2.05 bits per heavy atom. The lowest BCUT2D eigenvalue weighted by Gasteiger charge is -2.42. The van der Waals surface area contributed by atoms with Gasteiger partial charge in [-0.2, -0.15) is 0 Å². The normalized spacial score (nSPS) is 19.6. The molecule has 0 aliphatic heterocycles. The first-order valence-electron chi connectivity index (χ1n) is 8.44. The van der Waals surface area contributed by atoms with Gasteiger partial charge >= 0.3 is 0 Å². The van der Waals surface area contributed by atoms with E-state index in [-0.39, 0.29) is 11.6 Å². The Morgan fingerprint density at radius 1 is 1.29 bits per heavy atom. The molecule has 5 heteroatoms. The van der Waals surface area contributed by atoms with E-state index in [0.717, 1.165) is 38.8 Å². The van der Waals surface area contributed by atoms with Gasteiger partial charge in [0.1, 0.15) is 0 Å². The van der Waals surface area contributed by atoms with Gasteiger partial charge < -0.3 is 10.1 Å². The zero-order chi connectivity index (χ0) is 15.1. The molecule has 1 atom stereocenters. The van der Waals surface area contributed by atoms with Crippen LogP contribution in [-0.4, -0.2) is 34.2 Å². The quantitative estimate of drug-likeness (QED) is 0.800. The summed E-state index contributed by atoms with van der Waals surface area (Å²) in [5.74, 6) is 0. The lowest BCUT2D eigenvalue weighted by Crippen LogP contribution is -2.48. The largest absolute Gasteiger partial charge is 0.376 e. The summed E-state index contributed by atoms with van der Waals surface area (Å²) in [7, 11) is 1.86. The predicted octanol–water partition coefficient (Wildman–Crippen LogP) is 3.08. The van der Waals surface area contributed by atoms with Crippen LogP contribution in [0.5, 0.6) is 0 Å². The van der Waals surface area contributed by atoms with E-state index in [1.54, 1.807) is 0 Å². The van der Waals surface area contributed by atoms with Crippen LogP contribution >= 0.6 is 0 Å². The van der Waals surface area contributed by atoms with Crippen molar-refractivity contribution in [2.24, 2.45) is 0 Å². The van der Waals surface area contributed by atoms with Gasteiger partial charge in [-0.25, -0.2) is 4.68 Å². The number of hydrogen-bond acceptors (Lipinski definition) is 4. The summed E-state index contributed by atoms with van der Waals surface area (Å²) in [5.41, 5.74) is 1.06. The highest BCUT2D eigenvalue weighted by atomic mass is 16.5. The molecule has 0 bridgehead atoms. The van der Waals surface area contributed by atoms with Gasteiger partial charge in [-0.05, 0) is 32.2 Å². The molecule has 1 unspecified atom stereocenters. The van der Waals surface area contributed by atoms with Crippen LogP contribution in [0.4, 0.5) is 0 Å². The second-order valence-electron chi connectivity index (χ2n) is 6.10. The molecule has 0 radical (unpaired) electrons. The van der Waals surface area contributed by atoms with Crippen molar-refractivity contribution in [3.63, 3.8) is 0 Å². The third-order valence-corrected chi connectivity index (χ3v) is 4.61. The molecular weight excluding hydrogens is 264 g/mol. The van der Waals surface area contributed by atoms with E-state index in [2.05, 4.69) is 29.5 Å². The first-order chi connectivity index (χ1) is 10.3. The van der Waals surface area contributed by atoms with E-state index in [1.807, 2.05) is 18.0 Å². The molecule has 1 heterocycles. The predicted molar refractivity (Wildman–Crippen MR) is 84.2 cm³/mol. The van der Waals surface area contributed by atoms with Crippen molar-refractivity contribution in [3.05, 3.63) is 11.9 Å². The summed E-state index contributed by atoms with van der Waals surface area (Å²) in [4.78, 5) is 0. The molecule has 0 amide bonds. The minimum atomic E-state index is -0.110. The van der Waals surface area contributed by atoms with E-state index in [1.165, 1.54) is 25.0 Å². The van der Waals surface area contributed by atoms with Crippen molar-refractivity contribution >= 4 is 0 Å². The van der Waals surface area contributed by atoms with E-state index >= 15 is 0 Å². The maximum Gasteiger partial charge on any atom is 0.0888 e. The highest BCUT2D eigenvalue weighted by molar-refractivity contribution is 5.11. The first kappa shape index (κ1) is 16.4. The molecule has 0 aromatic carbocycles. The SMILES string of the molecule is CCCNC(c1cnnn1CCC)C1(OC)CCCCC1. The Hall–Kier alpha value is -0.940. The summed E-state index contributed by atoms with van der Waals surface area (Å²) < 4.78 is 8.11. The van der Waals surface area contributed by atoms with Crippen LogP contribution in [-0.2, 0) is 11.3 Å². The monoisotopic (exact) mass is 294 g/mol. The Bertz CT molecular complexity index is 412. The third-order valence-electron chi connectivity index (χ3n) is 4.61. The maximum atomic E-state index is 6.06. The van der Waals surface area contributed by atoms with Crippen molar-refractivity contribution in [1.29, 1.82) is 0 Å². The van der Waals surface area contributed by atoms with Crippen molar-refractivity contribution in [2.45, 2.75) is 77.0 Å². The topological polar surface area (TPSA) is 52.0 Å². The van der Waals surface area contributed by atoms with Crippen LogP contribution in [0.2, 0.25) is 0 Å². The molecule has 2 rings (SSSR count). The molecule has 1 fully saturated rings. The molecule has 1 N–H and O–H groups in total. The summed E-state index contributed by atoms with van der Waals surface area (Å²) in [6.45, 7) is 6.28. The van der Waals surface area contributed by atoms with Gasteiger partial charge in [0.15, 0.2) is 0 Å². The van der Waals surface area contributed by atoms with E-state index in [4.69, 9.17) is 4.74 Å². The van der Waals surface area contributed by atoms with Gasteiger partial charge in [0.25, 0.3) is 0 Å². The summed E-state index contributed by atoms with van der Waals surface area (Å²) in [6, 6.07) is 0.185. The number of nitrogens with one attached hydrogen (secondary N) is 1. The average Bonchev–Trinajstić information content (AvgIpc) is 2.97. The highest BCUT2D eigenvalue weighted by Gasteiger charge is 2.42.